The third kappa shape index (κ3) is 3.02. The first-order valence-electron chi connectivity index (χ1n) is 10.1. The van der Waals surface area contributed by atoms with Crippen molar-refractivity contribution in [1.29, 1.82) is 0 Å². The number of hydrogen-bond donors (Lipinski definition) is 1. The Kier molecular flexibility index (Phi) is 4.16. The van der Waals surface area contributed by atoms with Crippen LogP contribution >= 0.6 is 0 Å². The van der Waals surface area contributed by atoms with Gasteiger partial charge in [-0.3, -0.25) is 14.5 Å². The van der Waals surface area contributed by atoms with Crippen molar-refractivity contribution in [1.82, 2.24) is 19.4 Å². The summed E-state index contributed by atoms with van der Waals surface area (Å²) in [4.78, 5) is 33.2. The normalized spacial score (nSPS) is 24.8. The summed E-state index contributed by atoms with van der Waals surface area (Å²) in [5, 5.41) is 0. The van der Waals surface area contributed by atoms with Crippen molar-refractivity contribution in [3.05, 3.63) is 57.8 Å². The molecule has 1 N–H and O–H groups in total. The topological polar surface area (TPSA) is 61.3 Å². The minimum Gasteiger partial charge on any atom is -0.357 e. The zero-order valence-electron chi connectivity index (χ0n) is 15.6. The van der Waals surface area contributed by atoms with Crippen LogP contribution < -0.4 is 5.56 Å². The fourth-order valence-corrected chi connectivity index (χ4v) is 5.09. The fourth-order valence-electron chi connectivity index (χ4n) is 5.09. The monoisotopic (exact) mass is 366 g/mol. The number of likely N-dealkylation sites (tertiary alicyclic amines) is 2. The first-order chi connectivity index (χ1) is 13.2. The van der Waals surface area contributed by atoms with Crippen LogP contribution in [0.15, 0.2) is 35.3 Å². The molecule has 5 rings (SSSR count). The van der Waals surface area contributed by atoms with Gasteiger partial charge in [0.1, 0.15) is 5.69 Å². The molecule has 2 bridgehead atoms. The number of fused-ring (bicyclic) bond motifs is 4. The van der Waals surface area contributed by atoms with Crippen LogP contribution in [0.1, 0.15) is 46.9 Å². The molecule has 2 fully saturated rings. The number of aromatic nitrogens is 2. The van der Waals surface area contributed by atoms with Crippen LogP contribution in [0.3, 0.4) is 0 Å². The van der Waals surface area contributed by atoms with E-state index >= 15 is 0 Å². The highest BCUT2D eigenvalue weighted by Crippen LogP contribution is 2.35. The van der Waals surface area contributed by atoms with E-state index in [0.717, 1.165) is 50.4 Å². The molecular formula is C21H26N4O2. The summed E-state index contributed by atoms with van der Waals surface area (Å²) in [5.41, 5.74) is 2.84. The van der Waals surface area contributed by atoms with Gasteiger partial charge in [-0.25, -0.2) is 0 Å². The fraction of sp³-hybridized carbons (Fsp3) is 0.524. The Morgan fingerprint density at radius 1 is 1.11 bits per heavy atom. The summed E-state index contributed by atoms with van der Waals surface area (Å²) < 4.78 is 2.00. The van der Waals surface area contributed by atoms with E-state index in [0.29, 0.717) is 18.2 Å². The second-order valence-electron chi connectivity index (χ2n) is 8.28. The summed E-state index contributed by atoms with van der Waals surface area (Å²) in [6.45, 7) is 5.12. The molecule has 0 spiro atoms. The third-order valence-corrected chi connectivity index (χ3v) is 6.39. The number of pyridine rings is 1. The van der Waals surface area contributed by atoms with E-state index in [1.165, 1.54) is 12.8 Å². The molecular weight excluding hydrogens is 340 g/mol. The van der Waals surface area contributed by atoms with Gasteiger partial charge in [0.05, 0.1) is 0 Å². The van der Waals surface area contributed by atoms with Crippen molar-refractivity contribution in [2.24, 2.45) is 5.92 Å². The number of aromatic amines is 1. The van der Waals surface area contributed by atoms with E-state index < -0.39 is 0 Å². The van der Waals surface area contributed by atoms with Crippen molar-refractivity contribution in [2.45, 2.75) is 38.3 Å². The molecule has 1 amide bonds. The smallest absolute Gasteiger partial charge is 0.270 e. The van der Waals surface area contributed by atoms with Gasteiger partial charge in [-0.2, -0.15) is 0 Å². The maximum absolute atomic E-state index is 13.1. The minimum atomic E-state index is 0.0659. The Bertz CT molecular complexity index is 895. The number of carbonyl (C=O) groups is 1. The summed E-state index contributed by atoms with van der Waals surface area (Å²) >= 11 is 0. The summed E-state index contributed by atoms with van der Waals surface area (Å²) in [7, 11) is 0. The van der Waals surface area contributed by atoms with Gasteiger partial charge in [-0.15, -0.1) is 0 Å². The van der Waals surface area contributed by atoms with Gasteiger partial charge in [-0.1, -0.05) is 6.07 Å². The van der Waals surface area contributed by atoms with Crippen molar-refractivity contribution in [2.75, 3.05) is 26.2 Å². The van der Waals surface area contributed by atoms with Crippen LogP contribution in [0.5, 0.6) is 0 Å². The predicted octanol–water partition coefficient (Wildman–Crippen LogP) is 2.03. The molecule has 27 heavy (non-hydrogen) atoms. The molecule has 0 unspecified atom stereocenters. The van der Waals surface area contributed by atoms with Crippen LogP contribution in [0.2, 0.25) is 0 Å². The van der Waals surface area contributed by atoms with Crippen molar-refractivity contribution in [3.8, 4) is 0 Å². The van der Waals surface area contributed by atoms with Gasteiger partial charge in [0.25, 0.3) is 11.5 Å². The number of hydrogen-bond acceptors (Lipinski definition) is 3. The molecule has 0 aliphatic carbocycles. The lowest BCUT2D eigenvalue weighted by molar-refractivity contribution is 0.0589. The molecule has 3 aliphatic heterocycles. The van der Waals surface area contributed by atoms with Crippen LogP contribution in [0.25, 0.3) is 0 Å². The average Bonchev–Trinajstić information content (AvgIpc) is 3.37. The average molecular weight is 366 g/mol. The van der Waals surface area contributed by atoms with Crippen LogP contribution in [-0.2, 0) is 13.1 Å². The van der Waals surface area contributed by atoms with E-state index in [1.54, 1.807) is 6.20 Å². The Morgan fingerprint density at radius 3 is 2.74 bits per heavy atom. The number of amides is 1. The number of nitrogens with one attached hydrogen (secondary N) is 1. The Morgan fingerprint density at radius 2 is 1.96 bits per heavy atom. The minimum absolute atomic E-state index is 0.0659. The maximum Gasteiger partial charge on any atom is 0.270 e. The molecule has 0 radical (unpaired) electrons. The second kappa shape index (κ2) is 6.68. The predicted molar refractivity (Wildman–Crippen MR) is 103 cm³/mol. The largest absolute Gasteiger partial charge is 0.357 e. The maximum atomic E-state index is 13.1. The van der Waals surface area contributed by atoms with Gasteiger partial charge < -0.3 is 14.5 Å². The molecule has 142 valence electrons. The molecule has 2 atom stereocenters. The van der Waals surface area contributed by atoms with Gasteiger partial charge in [0, 0.05) is 49.6 Å². The molecule has 2 aromatic heterocycles. The van der Waals surface area contributed by atoms with Gasteiger partial charge in [0.2, 0.25) is 0 Å². The summed E-state index contributed by atoms with van der Waals surface area (Å²) in [6, 6.07) is 7.85. The number of H-pyrrole nitrogens is 1. The zero-order valence-corrected chi connectivity index (χ0v) is 15.6. The highest BCUT2D eigenvalue weighted by molar-refractivity contribution is 5.92. The first kappa shape index (κ1) is 16.8. The van der Waals surface area contributed by atoms with E-state index in [-0.39, 0.29) is 17.4 Å². The molecule has 2 saturated heterocycles. The molecule has 6 nitrogen and oxygen atoms in total. The molecule has 5 heterocycles. The van der Waals surface area contributed by atoms with E-state index in [4.69, 9.17) is 0 Å². The second-order valence-corrected chi connectivity index (χ2v) is 8.28. The van der Waals surface area contributed by atoms with Crippen molar-refractivity contribution >= 4 is 5.91 Å². The first-order valence-corrected chi connectivity index (χ1v) is 10.1. The van der Waals surface area contributed by atoms with Crippen LogP contribution in [0, 0.1) is 5.92 Å². The standard InChI is InChI=1S/C21H26N4O2/c26-20-16(13-23-8-1-2-9-23)5-6-19-17-10-15(12-25(19)20)11-24(14-17)21(27)18-4-3-7-22-18/h3-7,15,17,22H,1-2,8-14H2/t15-,17+/m0/s1. The summed E-state index contributed by atoms with van der Waals surface area (Å²) in [6.07, 6.45) is 5.33. The summed E-state index contributed by atoms with van der Waals surface area (Å²) in [5.74, 6) is 0.677. The molecule has 6 heteroatoms. The third-order valence-electron chi connectivity index (χ3n) is 6.39. The zero-order chi connectivity index (χ0) is 18.4. The number of carbonyl (C=O) groups excluding carboxylic acids is 1. The van der Waals surface area contributed by atoms with Crippen LogP contribution in [-0.4, -0.2) is 51.4 Å². The lowest BCUT2D eigenvalue weighted by atomic mass is 9.83. The van der Waals surface area contributed by atoms with E-state index in [1.807, 2.05) is 27.7 Å². The molecule has 2 aromatic rings. The SMILES string of the molecule is O=C(c1ccc[nH]1)N1C[C@@H]2C[C@H](C1)c1ccc(CN3CCCC3)c(=O)n1C2. The van der Waals surface area contributed by atoms with Crippen LogP contribution in [0.4, 0.5) is 0 Å². The number of rotatable bonds is 3. The van der Waals surface area contributed by atoms with Gasteiger partial charge in [-0.05, 0) is 56.5 Å². The quantitative estimate of drug-likeness (QED) is 0.904. The van der Waals surface area contributed by atoms with Crippen molar-refractivity contribution in [3.63, 3.8) is 0 Å². The Hall–Kier alpha value is -2.34. The van der Waals surface area contributed by atoms with E-state index in [9.17, 15) is 9.59 Å². The lowest BCUT2D eigenvalue weighted by Crippen LogP contribution is -2.49. The molecule has 0 saturated carbocycles. The molecule has 3 aliphatic rings. The van der Waals surface area contributed by atoms with Gasteiger partial charge >= 0.3 is 0 Å². The van der Waals surface area contributed by atoms with Gasteiger partial charge in [0.15, 0.2) is 0 Å². The number of piperidine rings is 1. The number of nitrogens with zero attached hydrogens (tertiary/aromatic N) is 3. The lowest BCUT2D eigenvalue weighted by Gasteiger charge is -2.42. The van der Waals surface area contributed by atoms with E-state index in [2.05, 4.69) is 16.0 Å². The highest BCUT2D eigenvalue weighted by Gasteiger charge is 2.37. The highest BCUT2D eigenvalue weighted by atomic mass is 16.2. The van der Waals surface area contributed by atoms with Crippen molar-refractivity contribution < 1.29 is 4.79 Å². The Balaban J connectivity index is 1.40. The Labute approximate surface area is 158 Å². The molecule has 0 aromatic carbocycles.